The molecule has 0 N–H and O–H groups in total. The Morgan fingerprint density at radius 1 is 0.652 bits per heavy atom. The van der Waals surface area contributed by atoms with Crippen LogP contribution in [0.25, 0.3) is 0 Å². The van der Waals surface area contributed by atoms with E-state index < -0.39 is 15.6 Å². The van der Waals surface area contributed by atoms with Gasteiger partial charge in [0, 0.05) is 14.2 Å². The van der Waals surface area contributed by atoms with Crippen molar-refractivity contribution < 1.29 is 31.5 Å². The monoisotopic (exact) mass is 358 g/mol. The van der Waals surface area contributed by atoms with Gasteiger partial charge in [0.25, 0.3) is 0 Å². The normalized spacial score (nSPS) is 16.1. The summed E-state index contributed by atoms with van der Waals surface area (Å²) in [5, 5.41) is 0. The Hall–Kier alpha value is -1.62. The fraction of sp³-hybridized carbons (Fsp3) is 0.143. The lowest BCUT2D eigenvalue weighted by molar-refractivity contribution is 0.196. The van der Waals surface area contributed by atoms with Crippen molar-refractivity contribution in [2.45, 2.75) is 0 Å². The molecule has 0 radical (unpaired) electrons. The number of para-hydroxylation sites is 2. The molecule has 0 fully saturated rings. The van der Waals surface area contributed by atoms with Crippen LogP contribution in [-0.2, 0) is 22.5 Å². The summed E-state index contributed by atoms with van der Waals surface area (Å²) >= 11 is 0. The molecule has 124 valence electrons. The first-order chi connectivity index (χ1) is 11.0. The molecule has 2 rings (SSSR count). The van der Waals surface area contributed by atoms with Crippen LogP contribution in [0.3, 0.4) is 0 Å². The standard InChI is InChI=1S/C14H16O7P2/c1-17-22(15,19-13-9-5-3-6-10-13)21-23(16,18-2)20-14-11-7-4-8-12-14/h3-12H,1-2H3. The smallest absolute Gasteiger partial charge is 0.404 e. The van der Waals surface area contributed by atoms with Gasteiger partial charge in [-0.25, -0.2) is 9.13 Å². The van der Waals surface area contributed by atoms with Crippen LogP contribution in [0.2, 0.25) is 0 Å². The lowest BCUT2D eigenvalue weighted by Crippen LogP contribution is -2.04. The van der Waals surface area contributed by atoms with Gasteiger partial charge in [-0.1, -0.05) is 36.4 Å². The number of phosphoric ester groups is 2. The number of hydrogen-bond acceptors (Lipinski definition) is 7. The van der Waals surface area contributed by atoms with Gasteiger partial charge >= 0.3 is 15.6 Å². The van der Waals surface area contributed by atoms with E-state index in [-0.39, 0.29) is 11.5 Å². The lowest BCUT2D eigenvalue weighted by atomic mass is 10.3. The number of hydrogen-bond donors (Lipinski definition) is 0. The fourth-order valence-corrected chi connectivity index (χ4v) is 4.21. The van der Waals surface area contributed by atoms with E-state index in [1.54, 1.807) is 60.7 Å². The quantitative estimate of drug-likeness (QED) is 0.634. The minimum absolute atomic E-state index is 0.222. The molecule has 2 aromatic rings. The second-order valence-electron chi connectivity index (χ2n) is 4.15. The average molecular weight is 358 g/mol. The van der Waals surface area contributed by atoms with Crippen LogP contribution in [0.1, 0.15) is 0 Å². The molecular weight excluding hydrogens is 342 g/mol. The highest BCUT2D eigenvalue weighted by Crippen LogP contribution is 2.64. The molecule has 0 aliphatic carbocycles. The topological polar surface area (TPSA) is 80.3 Å². The summed E-state index contributed by atoms with van der Waals surface area (Å²) in [5.74, 6) is 0.445. The SMILES string of the molecule is COP(=O)(Oc1ccccc1)OP(=O)(OC)Oc1ccccc1. The first-order valence-electron chi connectivity index (χ1n) is 6.51. The van der Waals surface area contributed by atoms with Gasteiger partial charge in [-0.05, 0) is 24.3 Å². The third kappa shape index (κ3) is 5.20. The molecule has 2 aromatic carbocycles. The molecule has 2 unspecified atom stereocenters. The Morgan fingerprint density at radius 3 is 1.30 bits per heavy atom. The number of phosphoric acid groups is 2. The van der Waals surface area contributed by atoms with Crippen molar-refractivity contribution in [2.24, 2.45) is 0 Å². The van der Waals surface area contributed by atoms with Crippen LogP contribution in [-0.4, -0.2) is 14.2 Å². The van der Waals surface area contributed by atoms with Gasteiger partial charge in [0.05, 0.1) is 0 Å². The van der Waals surface area contributed by atoms with E-state index in [1.807, 2.05) is 0 Å². The Bertz CT molecular complexity index is 644. The van der Waals surface area contributed by atoms with Gasteiger partial charge in [0.2, 0.25) is 0 Å². The van der Waals surface area contributed by atoms with E-state index in [0.717, 1.165) is 14.2 Å². The zero-order valence-electron chi connectivity index (χ0n) is 12.5. The summed E-state index contributed by atoms with van der Waals surface area (Å²) in [7, 11) is -6.21. The predicted molar refractivity (Wildman–Crippen MR) is 84.5 cm³/mol. The average Bonchev–Trinajstić information content (AvgIpc) is 2.56. The molecule has 0 bridgehead atoms. The van der Waals surface area contributed by atoms with Crippen LogP contribution in [0.4, 0.5) is 0 Å². The molecule has 0 spiro atoms. The van der Waals surface area contributed by atoms with Crippen molar-refractivity contribution in [2.75, 3.05) is 14.2 Å². The zero-order chi connectivity index (χ0) is 16.8. The van der Waals surface area contributed by atoms with Gasteiger partial charge < -0.3 is 9.05 Å². The largest absolute Gasteiger partial charge is 0.539 e. The van der Waals surface area contributed by atoms with Crippen molar-refractivity contribution >= 4 is 15.6 Å². The molecule has 0 saturated heterocycles. The molecule has 7 nitrogen and oxygen atoms in total. The second kappa shape index (κ2) is 7.77. The number of benzene rings is 2. The summed E-state index contributed by atoms with van der Waals surface area (Å²) in [6, 6.07) is 16.4. The van der Waals surface area contributed by atoms with E-state index in [0.29, 0.717) is 0 Å². The summed E-state index contributed by atoms with van der Waals surface area (Å²) < 4.78 is 49.8. The van der Waals surface area contributed by atoms with E-state index in [9.17, 15) is 9.13 Å². The van der Waals surface area contributed by atoms with Crippen molar-refractivity contribution in [3.05, 3.63) is 60.7 Å². The number of rotatable bonds is 8. The maximum Gasteiger partial charge on any atom is 0.539 e. The maximum atomic E-state index is 12.5. The van der Waals surface area contributed by atoms with E-state index in [2.05, 4.69) is 0 Å². The fourth-order valence-electron chi connectivity index (χ4n) is 1.52. The first-order valence-corrected chi connectivity index (χ1v) is 9.43. The Morgan fingerprint density at radius 2 is 1.00 bits per heavy atom. The van der Waals surface area contributed by atoms with Crippen molar-refractivity contribution in [1.82, 2.24) is 0 Å². The molecule has 2 atom stereocenters. The molecule has 23 heavy (non-hydrogen) atoms. The highest BCUT2D eigenvalue weighted by atomic mass is 31.3. The molecule has 9 heteroatoms. The molecule has 0 amide bonds. The summed E-state index contributed by atoms with van der Waals surface area (Å²) in [6.45, 7) is 0. The van der Waals surface area contributed by atoms with Crippen LogP contribution in [0, 0.1) is 0 Å². The van der Waals surface area contributed by atoms with E-state index in [4.69, 9.17) is 22.4 Å². The van der Waals surface area contributed by atoms with Crippen LogP contribution in [0.5, 0.6) is 11.5 Å². The van der Waals surface area contributed by atoms with Gasteiger partial charge in [-0.2, -0.15) is 4.31 Å². The van der Waals surface area contributed by atoms with Crippen LogP contribution >= 0.6 is 15.6 Å². The van der Waals surface area contributed by atoms with Gasteiger partial charge in [0.1, 0.15) is 11.5 Å². The van der Waals surface area contributed by atoms with Crippen molar-refractivity contribution in [3.8, 4) is 11.5 Å². The van der Waals surface area contributed by atoms with Crippen LogP contribution < -0.4 is 9.05 Å². The molecule has 0 saturated carbocycles. The third-order valence-corrected chi connectivity index (χ3v) is 5.93. The third-order valence-electron chi connectivity index (χ3n) is 2.57. The van der Waals surface area contributed by atoms with Crippen LogP contribution in [0.15, 0.2) is 60.7 Å². The molecule has 0 aromatic heterocycles. The van der Waals surface area contributed by atoms with E-state index >= 15 is 0 Å². The Kier molecular flexibility index (Phi) is 5.99. The highest BCUT2D eigenvalue weighted by molar-refractivity contribution is 7.62. The summed E-state index contributed by atoms with van der Waals surface area (Å²) in [5.41, 5.74) is 0. The first kappa shape index (κ1) is 17.7. The molecule has 0 aliphatic heterocycles. The second-order valence-corrected chi connectivity index (χ2v) is 7.69. The lowest BCUT2D eigenvalue weighted by Gasteiger charge is -2.21. The van der Waals surface area contributed by atoms with Gasteiger partial charge in [0.15, 0.2) is 0 Å². The minimum atomic E-state index is -4.21. The van der Waals surface area contributed by atoms with Gasteiger partial charge in [-0.15, -0.1) is 0 Å². The Balaban J connectivity index is 2.17. The van der Waals surface area contributed by atoms with E-state index in [1.165, 1.54) is 0 Å². The predicted octanol–water partition coefficient (Wildman–Crippen LogP) is 4.67. The van der Waals surface area contributed by atoms with Crippen molar-refractivity contribution in [3.63, 3.8) is 0 Å². The highest BCUT2D eigenvalue weighted by Gasteiger charge is 2.41. The molecule has 0 aliphatic rings. The zero-order valence-corrected chi connectivity index (χ0v) is 14.3. The van der Waals surface area contributed by atoms with Gasteiger partial charge in [-0.3, -0.25) is 9.05 Å². The minimum Gasteiger partial charge on any atom is -0.404 e. The maximum absolute atomic E-state index is 12.5. The summed E-state index contributed by atoms with van der Waals surface area (Å²) in [6.07, 6.45) is 0. The summed E-state index contributed by atoms with van der Waals surface area (Å²) in [4.78, 5) is 0. The molecular formula is C14H16O7P2. The van der Waals surface area contributed by atoms with Crippen molar-refractivity contribution in [1.29, 1.82) is 0 Å². The Labute approximate surface area is 134 Å². The molecule has 0 heterocycles.